The average molecular weight is 814 g/mol. The lowest BCUT2D eigenvalue weighted by atomic mass is 9.44. The van der Waals surface area contributed by atoms with E-state index in [0.717, 1.165) is 6.08 Å². The van der Waals surface area contributed by atoms with Crippen LogP contribution in [-0.2, 0) is 28.7 Å². The van der Waals surface area contributed by atoms with Crippen molar-refractivity contribution in [3.63, 3.8) is 0 Å². The number of hydrogen-bond acceptors (Lipinski definition) is 10. The fourth-order valence-corrected chi connectivity index (χ4v) is 10.4. The lowest BCUT2D eigenvalue weighted by Gasteiger charge is -2.63. The Morgan fingerprint density at radius 1 is 1.09 bits per heavy atom. The van der Waals surface area contributed by atoms with E-state index < -0.39 is 107 Å². The summed E-state index contributed by atoms with van der Waals surface area (Å²) in [5, 5.41) is 19.8. The van der Waals surface area contributed by atoms with Gasteiger partial charge in [0.2, 0.25) is 17.6 Å². The van der Waals surface area contributed by atoms with Crippen molar-refractivity contribution in [2.45, 2.75) is 128 Å². The van der Waals surface area contributed by atoms with Crippen molar-refractivity contribution >= 4 is 35.1 Å². The normalized spacial score (nSPS) is 35.8. The molecule has 5 aliphatic rings. The van der Waals surface area contributed by atoms with Gasteiger partial charge in [-0.3, -0.25) is 19.2 Å². The van der Waals surface area contributed by atoms with Crippen molar-refractivity contribution in [2.24, 2.45) is 40.1 Å². The first-order valence-electron chi connectivity index (χ1n) is 20.3. The number of carbonyl (C=O) groups excluding carboxylic acids is 5. The van der Waals surface area contributed by atoms with E-state index in [4.69, 9.17) is 25.7 Å². The van der Waals surface area contributed by atoms with Gasteiger partial charge in [-0.25, -0.2) is 13.6 Å². The van der Waals surface area contributed by atoms with Crippen LogP contribution in [0.5, 0.6) is 5.75 Å². The predicted octanol–water partition coefficient (Wildman–Crippen LogP) is 3.70. The smallest absolute Gasteiger partial charge is 0.312 e. The molecular weight excluding hydrogens is 756 g/mol. The van der Waals surface area contributed by atoms with Crippen molar-refractivity contribution < 1.29 is 52.1 Å². The molecule has 0 bridgehead atoms. The van der Waals surface area contributed by atoms with Crippen LogP contribution in [-0.4, -0.2) is 95.7 Å². The highest BCUT2D eigenvalue weighted by Gasteiger charge is 2.80. The second-order valence-electron chi connectivity index (χ2n) is 17.3. The molecule has 12 atom stereocenters. The molecule has 16 heteroatoms. The Bertz CT molecular complexity index is 1840. The highest BCUT2D eigenvalue weighted by atomic mass is 19.1. The van der Waals surface area contributed by atoms with Gasteiger partial charge in [0.15, 0.2) is 23.3 Å². The van der Waals surface area contributed by atoms with Crippen LogP contribution in [0.15, 0.2) is 48.1 Å². The van der Waals surface area contributed by atoms with Gasteiger partial charge in [-0.1, -0.05) is 40.2 Å². The molecule has 4 amide bonds. The van der Waals surface area contributed by atoms with Crippen molar-refractivity contribution in [1.29, 1.82) is 0 Å². The third-order valence-corrected chi connectivity index (χ3v) is 13.5. The fourth-order valence-electron chi connectivity index (χ4n) is 10.4. The minimum absolute atomic E-state index is 0.0208. The summed E-state index contributed by atoms with van der Waals surface area (Å²) >= 11 is 0. The van der Waals surface area contributed by atoms with Crippen molar-refractivity contribution in [3.8, 4) is 5.75 Å². The van der Waals surface area contributed by atoms with E-state index in [1.54, 1.807) is 45.0 Å². The maximum atomic E-state index is 17.8. The third-order valence-electron chi connectivity index (χ3n) is 13.5. The number of halogens is 2. The maximum Gasteiger partial charge on any atom is 0.312 e. The van der Waals surface area contributed by atoms with Gasteiger partial charge < -0.3 is 46.7 Å². The summed E-state index contributed by atoms with van der Waals surface area (Å²) in [5.74, 6) is -3.40. The van der Waals surface area contributed by atoms with E-state index in [1.165, 1.54) is 19.1 Å². The van der Waals surface area contributed by atoms with E-state index in [9.17, 15) is 29.1 Å². The Morgan fingerprint density at radius 3 is 2.45 bits per heavy atom. The summed E-state index contributed by atoms with van der Waals surface area (Å²) in [6.45, 7) is 8.60. The standard InChI is InChI=1S/C42H57F2N5O9/c1-6-8-34-57-33-19-26-27-18-29(43)28-17-24(50)14-15-39(28,4)41(27,44)31(51)20-40(26,5)42(33,58-34)32(52)21-56-25-12-10-23(11-13-25)48-36(53)30(9-7-16-47-38(46)55)49-37(54)35(45)22(2)3/h10-15,17,22,26-27,29-31,33-35,51H,6-9,16,18-21,45H2,1-5H3,(H,48,53)(H,49,54)(H3,46,47,55)/t26-,27-,29-,30-,31-,33+,34?,35-,39-,40-,41-,42+/m0/s1. The van der Waals surface area contributed by atoms with Crippen LogP contribution in [0.25, 0.3) is 0 Å². The molecule has 1 aliphatic heterocycles. The molecule has 0 spiro atoms. The van der Waals surface area contributed by atoms with E-state index in [0.29, 0.717) is 24.9 Å². The number of alkyl halides is 2. The van der Waals surface area contributed by atoms with Crippen LogP contribution in [0.1, 0.15) is 79.6 Å². The SMILES string of the molecule is CCCC1O[C@@H]2C[C@H]3[C@@H]4C[C@H](F)C5=CC(=O)C=C[C@]5(C)[C@@]4(F)[C@@H](O)C[C@]3(C)[C@]2(C(=O)COc2ccc(NC(=O)[C@H](CCCNC(N)=O)NC(=O)[C@@H](N)C(C)C)cc2)O1. The van der Waals surface area contributed by atoms with Crippen molar-refractivity contribution in [3.05, 3.63) is 48.1 Å². The molecule has 14 nitrogen and oxygen atoms in total. The summed E-state index contributed by atoms with van der Waals surface area (Å²) in [7, 11) is 0. The van der Waals surface area contributed by atoms with Crippen LogP contribution < -0.4 is 32.2 Å². The second-order valence-corrected chi connectivity index (χ2v) is 17.3. The number of carbonyl (C=O) groups is 5. The molecule has 0 aromatic heterocycles. The minimum Gasteiger partial charge on any atom is -0.486 e. The zero-order valence-electron chi connectivity index (χ0n) is 33.7. The third kappa shape index (κ3) is 7.34. The first-order valence-corrected chi connectivity index (χ1v) is 20.3. The Labute approximate surface area is 337 Å². The van der Waals surface area contributed by atoms with Crippen LogP contribution in [0.3, 0.4) is 0 Å². The topological polar surface area (TPSA) is 221 Å². The number of ketones is 2. The Morgan fingerprint density at radius 2 is 1.79 bits per heavy atom. The molecule has 1 heterocycles. The molecule has 1 aromatic rings. The molecular formula is C42H57F2N5O9. The summed E-state index contributed by atoms with van der Waals surface area (Å²) in [6.07, 6.45) is 0.484. The largest absolute Gasteiger partial charge is 0.486 e. The molecule has 1 saturated heterocycles. The zero-order chi connectivity index (χ0) is 42.4. The molecule has 318 valence electrons. The van der Waals surface area contributed by atoms with E-state index in [1.807, 2.05) is 6.92 Å². The van der Waals surface area contributed by atoms with Gasteiger partial charge in [0.25, 0.3) is 0 Å². The van der Waals surface area contributed by atoms with Crippen LogP contribution in [0, 0.1) is 28.6 Å². The molecule has 8 N–H and O–H groups in total. The quantitative estimate of drug-likeness (QED) is 0.141. The lowest BCUT2D eigenvalue weighted by molar-refractivity contribution is -0.234. The van der Waals surface area contributed by atoms with Crippen molar-refractivity contribution in [2.75, 3.05) is 18.5 Å². The van der Waals surface area contributed by atoms with Crippen molar-refractivity contribution in [1.82, 2.24) is 10.6 Å². The molecule has 4 aliphatic carbocycles. The molecule has 1 aromatic carbocycles. The number of aliphatic hydroxyl groups is 1. The molecule has 3 saturated carbocycles. The second kappa shape index (κ2) is 16.4. The first kappa shape index (κ1) is 43.3. The van der Waals surface area contributed by atoms with E-state index in [2.05, 4.69) is 16.0 Å². The number of hydrogen-bond donors (Lipinski definition) is 6. The number of nitrogens with two attached hydrogens (primary N) is 2. The van der Waals surface area contributed by atoms with E-state index >= 15 is 8.78 Å². The van der Waals surface area contributed by atoms with Gasteiger partial charge in [-0.2, -0.15) is 0 Å². The summed E-state index contributed by atoms with van der Waals surface area (Å²) in [4.78, 5) is 64.0. The summed E-state index contributed by atoms with van der Waals surface area (Å²) in [6, 6.07) is 3.73. The van der Waals surface area contributed by atoms with Gasteiger partial charge in [0.05, 0.1) is 18.2 Å². The van der Waals surface area contributed by atoms with Crippen LogP contribution in [0.2, 0.25) is 0 Å². The number of ether oxygens (including phenoxy) is 3. The number of allylic oxidation sites excluding steroid dienone is 4. The highest BCUT2D eigenvalue weighted by Crippen LogP contribution is 2.72. The Balaban J connectivity index is 1.18. The summed E-state index contributed by atoms with van der Waals surface area (Å²) < 4.78 is 52.8. The Kier molecular flexibility index (Phi) is 12.3. The number of primary amides is 1. The van der Waals surface area contributed by atoms with Crippen LogP contribution >= 0.6 is 0 Å². The number of aliphatic hydroxyl groups excluding tert-OH is 1. The monoisotopic (exact) mass is 813 g/mol. The molecule has 6 rings (SSSR count). The number of amides is 4. The van der Waals surface area contributed by atoms with Gasteiger partial charge in [-0.05, 0) is 99.3 Å². The number of fused-ring (bicyclic) bond motifs is 7. The minimum atomic E-state index is -2.32. The number of anilines is 1. The molecule has 1 unspecified atom stereocenters. The number of rotatable bonds is 15. The van der Waals surface area contributed by atoms with Gasteiger partial charge in [0, 0.05) is 29.0 Å². The highest BCUT2D eigenvalue weighted by molar-refractivity contribution is 6.01. The molecule has 58 heavy (non-hydrogen) atoms. The van der Waals surface area contributed by atoms with Gasteiger partial charge in [-0.15, -0.1) is 0 Å². The lowest BCUT2D eigenvalue weighted by Crippen LogP contribution is -2.71. The van der Waals surface area contributed by atoms with Gasteiger partial charge in [0.1, 0.15) is 24.6 Å². The maximum absolute atomic E-state index is 17.8. The molecule has 0 radical (unpaired) electrons. The number of Topliss-reactive ketones (excluding diaryl/α,β-unsaturated/α-hetero) is 1. The number of nitrogens with one attached hydrogen (secondary N) is 3. The van der Waals surface area contributed by atoms with Gasteiger partial charge >= 0.3 is 6.03 Å². The zero-order valence-corrected chi connectivity index (χ0v) is 33.7. The first-order chi connectivity index (χ1) is 27.3. The number of urea groups is 1. The molecule has 4 fully saturated rings. The van der Waals surface area contributed by atoms with Crippen LogP contribution in [0.4, 0.5) is 19.3 Å². The van der Waals surface area contributed by atoms with E-state index in [-0.39, 0.29) is 49.5 Å². The fraction of sp³-hybridized carbons (Fsp3) is 0.643. The Hall–Kier alpha value is -4.25. The average Bonchev–Trinajstić information content (AvgIpc) is 3.65. The summed E-state index contributed by atoms with van der Waals surface area (Å²) in [5.41, 5.74) is 4.85. The predicted molar refractivity (Wildman–Crippen MR) is 209 cm³/mol. The number of benzene rings is 1.